The summed E-state index contributed by atoms with van der Waals surface area (Å²) in [6, 6.07) is 35.3. The highest BCUT2D eigenvalue weighted by Crippen LogP contribution is 2.62. The van der Waals surface area contributed by atoms with Crippen molar-refractivity contribution >= 4 is 46.4 Å². The number of aromatic nitrogens is 1. The Labute approximate surface area is 210 Å². The topological polar surface area (TPSA) is 33.2 Å². The standard InChI is InChI=1S/C27H23ClN2OP.BrH/c28-26-24(17-10-19-29-26)30-20-18-25(27(30)31)32(21-11-4-1-5-12-21,22-13-6-2-7-14-22)23-15-8-3-9-16-23;/h1-17,19,25H,18,20H2;1H/q+1;/p-1/t25-;/m1./s1. The molecular weight excluding hydrogens is 515 g/mol. The average Bonchev–Trinajstić information content (AvgIpc) is 3.23. The number of benzene rings is 3. The van der Waals surface area contributed by atoms with Gasteiger partial charge in [-0.25, -0.2) is 4.98 Å². The number of hydrogen-bond acceptors (Lipinski definition) is 2. The molecule has 1 fully saturated rings. The van der Waals surface area contributed by atoms with E-state index in [0.717, 1.165) is 6.42 Å². The average molecular weight is 538 g/mol. The quantitative estimate of drug-likeness (QED) is 0.288. The van der Waals surface area contributed by atoms with Crippen molar-refractivity contribution < 1.29 is 21.8 Å². The molecule has 0 unspecified atom stereocenters. The molecule has 2 heterocycles. The van der Waals surface area contributed by atoms with E-state index in [4.69, 9.17) is 11.6 Å². The third-order valence-electron chi connectivity index (χ3n) is 6.17. The third-order valence-corrected chi connectivity index (χ3v) is 11.2. The molecule has 1 aliphatic rings. The molecule has 4 aromatic rings. The molecule has 1 atom stereocenters. The van der Waals surface area contributed by atoms with Gasteiger partial charge in [0.2, 0.25) is 0 Å². The molecule has 0 bridgehead atoms. The number of anilines is 1. The maximum atomic E-state index is 14.1. The maximum absolute atomic E-state index is 14.1. The van der Waals surface area contributed by atoms with E-state index < -0.39 is 7.26 Å². The van der Waals surface area contributed by atoms with Gasteiger partial charge in [-0.15, -0.1) is 0 Å². The lowest BCUT2D eigenvalue weighted by Crippen LogP contribution is -3.00. The summed E-state index contributed by atoms with van der Waals surface area (Å²) in [5, 5.41) is 4.02. The number of amides is 1. The van der Waals surface area contributed by atoms with E-state index in [1.54, 1.807) is 6.20 Å². The molecular formula is C27H23BrClN2OP. The maximum Gasteiger partial charge on any atom is 0.269 e. The van der Waals surface area contributed by atoms with E-state index >= 15 is 0 Å². The second-order valence-corrected chi connectivity index (χ2v) is 11.8. The summed E-state index contributed by atoms with van der Waals surface area (Å²) in [7, 11) is -2.28. The van der Waals surface area contributed by atoms with Crippen LogP contribution in [0.4, 0.5) is 5.69 Å². The van der Waals surface area contributed by atoms with Crippen LogP contribution in [0.25, 0.3) is 0 Å². The van der Waals surface area contributed by atoms with E-state index in [0.29, 0.717) is 17.4 Å². The fourth-order valence-corrected chi connectivity index (χ4v) is 9.91. The van der Waals surface area contributed by atoms with Gasteiger partial charge in [-0.05, 0) is 48.5 Å². The monoisotopic (exact) mass is 536 g/mol. The number of rotatable bonds is 5. The van der Waals surface area contributed by atoms with Crippen molar-refractivity contribution in [3.63, 3.8) is 0 Å². The van der Waals surface area contributed by atoms with Crippen molar-refractivity contribution in [2.24, 2.45) is 0 Å². The Balaban J connectivity index is 0.00000259. The summed E-state index contributed by atoms with van der Waals surface area (Å²) in [6.45, 7) is 0.628. The normalized spacial score (nSPS) is 15.8. The summed E-state index contributed by atoms with van der Waals surface area (Å²) in [4.78, 5) is 20.1. The molecule has 3 aromatic carbocycles. The minimum absolute atomic E-state index is 0. The highest BCUT2D eigenvalue weighted by molar-refractivity contribution is 7.97. The van der Waals surface area contributed by atoms with Gasteiger partial charge in [0.25, 0.3) is 5.91 Å². The van der Waals surface area contributed by atoms with Crippen molar-refractivity contribution in [2.75, 3.05) is 11.4 Å². The van der Waals surface area contributed by atoms with Crippen molar-refractivity contribution in [2.45, 2.75) is 12.1 Å². The van der Waals surface area contributed by atoms with Gasteiger partial charge in [-0.3, -0.25) is 4.79 Å². The van der Waals surface area contributed by atoms with Crippen LogP contribution in [-0.4, -0.2) is 23.1 Å². The molecule has 1 aliphatic heterocycles. The highest BCUT2D eigenvalue weighted by atomic mass is 79.9. The zero-order valence-electron chi connectivity index (χ0n) is 17.9. The van der Waals surface area contributed by atoms with E-state index in [1.165, 1.54) is 15.9 Å². The molecule has 1 amide bonds. The second kappa shape index (κ2) is 10.2. The van der Waals surface area contributed by atoms with Gasteiger partial charge in [0, 0.05) is 19.2 Å². The SMILES string of the molecule is O=C1[C@H]([P+](c2ccccc2)(c2ccccc2)c2ccccc2)CCN1c1cccnc1Cl.[Br-]. The van der Waals surface area contributed by atoms with Gasteiger partial charge in [-0.1, -0.05) is 66.2 Å². The Bertz CT molecular complexity index is 1130. The number of hydrogen-bond donors (Lipinski definition) is 0. The first-order chi connectivity index (χ1) is 15.7. The predicted molar refractivity (Wildman–Crippen MR) is 135 cm³/mol. The van der Waals surface area contributed by atoms with Crippen molar-refractivity contribution in [1.29, 1.82) is 0 Å². The Morgan fingerprint density at radius 1 is 0.758 bits per heavy atom. The number of nitrogens with zero attached hydrogens (tertiary/aromatic N) is 2. The molecule has 0 saturated carbocycles. The van der Waals surface area contributed by atoms with Crippen LogP contribution in [0.3, 0.4) is 0 Å². The van der Waals surface area contributed by atoms with Crippen molar-refractivity contribution in [1.82, 2.24) is 4.98 Å². The van der Waals surface area contributed by atoms with Crippen LogP contribution in [0, 0.1) is 0 Å². The van der Waals surface area contributed by atoms with Crippen LogP contribution >= 0.6 is 18.9 Å². The van der Waals surface area contributed by atoms with E-state index in [1.807, 2.05) is 35.2 Å². The molecule has 0 spiro atoms. The fraction of sp³-hybridized carbons (Fsp3) is 0.111. The van der Waals surface area contributed by atoms with Crippen LogP contribution in [0.5, 0.6) is 0 Å². The van der Waals surface area contributed by atoms with Crippen LogP contribution in [0.1, 0.15) is 6.42 Å². The molecule has 3 nitrogen and oxygen atoms in total. The van der Waals surface area contributed by atoms with Gasteiger partial charge in [0.1, 0.15) is 23.2 Å². The lowest BCUT2D eigenvalue weighted by molar-refractivity contribution is -0.116. The lowest BCUT2D eigenvalue weighted by Gasteiger charge is -2.32. The number of carbonyl (C=O) groups excluding carboxylic acids is 1. The van der Waals surface area contributed by atoms with Gasteiger partial charge in [0.15, 0.2) is 10.8 Å². The highest BCUT2D eigenvalue weighted by Gasteiger charge is 2.58. The smallest absolute Gasteiger partial charge is 0.269 e. The Morgan fingerprint density at radius 3 is 1.70 bits per heavy atom. The molecule has 5 rings (SSSR count). The summed E-state index contributed by atoms with van der Waals surface area (Å²) in [5.74, 6) is 0.116. The van der Waals surface area contributed by atoms with E-state index in [9.17, 15) is 4.79 Å². The van der Waals surface area contributed by atoms with E-state index in [-0.39, 0.29) is 28.5 Å². The number of carbonyl (C=O) groups is 1. The summed E-state index contributed by atoms with van der Waals surface area (Å²) >= 11 is 6.39. The van der Waals surface area contributed by atoms with E-state index in [2.05, 4.69) is 77.8 Å². The lowest BCUT2D eigenvalue weighted by atomic mass is 10.3. The van der Waals surface area contributed by atoms with Crippen molar-refractivity contribution in [3.05, 3.63) is 114 Å². The summed E-state index contributed by atoms with van der Waals surface area (Å²) < 4.78 is 0. The van der Waals surface area contributed by atoms with Gasteiger partial charge < -0.3 is 21.9 Å². The van der Waals surface area contributed by atoms with Crippen LogP contribution < -0.4 is 37.8 Å². The Hall–Kier alpha value is -2.52. The molecule has 166 valence electrons. The Kier molecular flexibility index (Phi) is 7.29. The van der Waals surface area contributed by atoms with Crippen LogP contribution in [-0.2, 0) is 4.79 Å². The minimum Gasteiger partial charge on any atom is -1.00 e. The predicted octanol–water partition coefficient (Wildman–Crippen LogP) is 1.84. The van der Waals surface area contributed by atoms with Gasteiger partial charge in [0.05, 0.1) is 5.69 Å². The summed E-state index contributed by atoms with van der Waals surface area (Å²) in [6.07, 6.45) is 2.41. The fourth-order valence-electron chi connectivity index (χ4n) is 4.82. The number of pyridine rings is 1. The first kappa shape index (κ1) is 23.6. The zero-order valence-corrected chi connectivity index (χ0v) is 21.1. The van der Waals surface area contributed by atoms with Crippen LogP contribution in [0.15, 0.2) is 109 Å². The molecule has 1 saturated heterocycles. The molecule has 1 aromatic heterocycles. The molecule has 33 heavy (non-hydrogen) atoms. The van der Waals surface area contributed by atoms with Crippen molar-refractivity contribution in [3.8, 4) is 0 Å². The van der Waals surface area contributed by atoms with Gasteiger partial charge >= 0.3 is 0 Å². The zero-order chi connectivity index (χ0) is 22.0. The largest absolute Gasteiger partial charge is 1.00 e. The number of halogens is 2. The first-order valence-corrected chi connectivity index (χ1v) is 12.9. The van der Waals surface area contributed by atoms with Gasteiger partial charge in [-0.2, -0.15) is 0 Å². The molecule has 0 radical (unpaired) electrons. The molecule has 0 N–H and O–H groups in total. The third kappa shape index (κ3) is 4.12. The Morgan fingerprint density at radius 2 is 1.24 bits per heavy atom. The first-order valence-electron chi connectivity index (χ1n) is 10.7. The molecule has 6 heteroatoms. The van der Waals surface area contributed by atoms with Crippen LogP contribution in [0.2, 0.25) is 5.15 Å². The molecule has 0 aliphatic carbocycles. The second-order valence-electron chi connectivity index (χ2n) is 7.84. The summed E-state index contributed by atoms with van der Waals surface area (Å²) in [5.41, 5.74) is 0.514. The minimum atomic E-state index is -2.28.